The van der Waals surface area contributed by atoms with Crippen LogP contribution in [0.4, 0.5) is 0 Å². The topological polar surface area (TPSA) is 75.2 Å². The summed E-state index contributed by atoms with van der Waals surface area (Å²) in [6, 6.07) is 5.02. The van der Waals surface area contributed by atoms with Gasteiger partial charge in [-0.05, 0) is 61.3 Å². The van der Waals surface area contributed by atoms with E-state index >= 15 is 0 Å². The molecule has 0 saturated carbocycles. The molecule has 3 aromatic rings. The van der Waals surface area contributed by atoms with E-state index in [1.54, 1.807) is 29.5 Å². The van der Waals surface area contributed by atoms with Gasteiger partial charge in [0.2, 0.25) is 0 Å². The summed E-state index contributed by atoms with van der Waals surface area (Å²) in [6.45, 7) is 9.19. The molecule has 0 bridgehead atoms. The first-order chi connectivity index (χ1) is 13.3. The van der Waals surface area contributed by atoms with Crippen molar-refractivity contribution < 1.29 is 9.84 Å². The maximum atomic E-state index is 12.9. The molecule has 4 rings (SSSR count). The van der Waals surface area contributed by atoms with Crippen LogP contribution in [0.1, 0.15) is 44.6 Å². The van der Waals surface area contributed by atoms with Crippen LogP contribution in [0.5, 0.6) is 11.5 Å². The molecule has 0 saturated heterocycles. The Morgan fingerprint density at radius 1 is 1.36 bits per heavy atom. The van der Waals surface area contributed by atoms with Gasteiger partial charge < -0.3 is 14.8 Å². The number of rotatable bonds is 3. The van der Waals surface area contributed by atoms with Gasteiger partial charge in [0, 0.05) is 10.4 Å². The van der Waals surface area contributed by atoms with Crippen LogP contribution in [0, 0.1) is 11.3 Å². The molecule has 2 N–H and O–H groups in total. The number of H-pyrrole nitrogens is 1. The first-order valence-corrected chi connectivity index (χ1v) is 10.6. The first-order valence-electron chi connectivity index (χ1n) is 9.78. The molecule has 5 nitrogen and oxygen atoms in total. The van der Waals surface area contributed by atoms with Gasteiger partial charge in [-0.1, -0.05) is 20.8 Å². The highest BCUT2D eigenvalue weighted by molar-refractivity contribution is 7.18. The molecule has 0 spiro atoms. The Balaban J connectivity index is 1.78. The molecule has 28 heavy (non-hydrogen) atoms. The minimum absolute atomic E-state index is 0.0776. The van der Waals surface area contributed by atoms with Crippen LogP contribution in [-0.4, -0.2) is 21.7 Å². The summed E-state index contributed by atoms with van der Waals surface area (Å²) in [5.74, 6) is 1.59. The average Bonchev–Trinajstić information content (AvgIpc) is 3.01. The zero-order valence-electron chi connectivity index (χ0n) is 16.8. The summed E-state index contributed by atoms with van der Waals surface area (Å²) in [7, 11) is 0. The zero-order chi connectivity index (χ0) is 20.1. The molecule has 1 aromatic carbocycles. The minimum atomic E-state index is -0.0854. The van der Waals surface area contributed by atoms with Gasteiger partial charge in [-0.2, -0.15) is 0 Å². The minimum Gasteiger partial charge on any atom is -0.504 e. The van der Waals surface area contributed by atoms with Gasteiger partial charge in [0.05, 0.1) is 12.0 Å². The highest BCUT2D eigenvalue weighted by atomic mass is 32.1. The molecule has 2 aromatic heterocycles. The standard InChI is InChI=1S/C22H26N2O3S/c1-5-27-16-10-12(6-9-15(16)25)19-23-20(26)18-14-8-7-13(22(2,3)4)11-17(14)28-21(18)24-19/h6,9-10,13,25H,5,7-8,11H2,1-4H3,(H,23,24,26)/t13-/m0/s1. The molecule has 1 aliphatic carbocycles. The Kier molecular flexibility index (Phi) is 4.70. The molecule has 0 amide bonds. The Bertz CT molecular complexity index is 1090. The third-order valence-electron chi connectivity index (χ3n) is 5.68. The highest BCUT2D eigenvalue weighted by Crippen LogP contribution is 2.42. The van der Waals surface area contributed by atoms with Gasteiger partial charge in [-0.15, -0.1) is 11.3 Å². The zero-order valence-corrected chi connectivity index (χ0v) is 17.6. The number of phenols is 1. The number of aromatic nitrogens is 2. The van der Waals surface area contributed by atoms with Crippen molar-refractivity contribution in [1.29, 1.82) is 0 Å². The van der Waals surface area contributed by atoms with E-state index in [4.69, 9.17) is 9.72 Å². The van der Waals surface area contributed by atoms with Crippen molar-refractivity contribution in [3.8, 4) is 22.9 Å². The number of aryl methyl sites for hydroxylation is 1. The van der Waals surface area contributed by atoms with Crippen molar-refractivity contribution in [3.63, 3.8) is 0 Å². The maximum absolute atomic E-state index is 12.9. The lowest BCUT2D eigenvalue weighted by Gasteiger charge is -2.33. The number of hydrogen-bond donors (Lipinski definition) is 2. The summed E-state index contributed by atoms with van der Waals surface area (Å²) >= 11 is 1.65. The largest absolute Gasteiger partial charge is 0.504 e. The van der Waals surface area contributed by atoms with E-state index in [0.29, 0.717) is 24.1 Å². The third-order valence-corrected chi connectivity index (χ3v) is 6.83. The SMILES string of the molecule is CCOc1cc(-c2nc3sc4c(c3c(=O)[nH]2)CC[C@H](C(C)(C)C)C4)ccc1O. The van der Waals surface area contributed by atoms with Gasteiger partial charge >= 0.3 is 0 Å². The second-order valence-corrected chi connectivity index (χ2v) is 9.60. The van der Waals surface area contributed by atoms with Crippen molar-refractivity contribution in [2.24, 2.45) is 11.3 Å². The number of ether oxygens (including phenoxy) is 1. The number of benzene rings is 1. The second-order valence-electron chi connectivity index (χ2n) is 8.52. The van der Waals surface area contributed by atoms with Crippen molar-refractivity contribution in [2.45, 2.75) is 47.0 Å². The lowest BCUT2D eigenvalue weighted by molar-refractivity contribution is 0.218. The lowest BCUT2D eigenvalue weighted by atomic mass is 9.72. The Morgan fingerprint density at radius 2 is 2.14 bits per heavy atom. The van der Waals surface area contributed by atoms with Gasteiger partial charge in [0.15, 0.2) is 11.5 Å². The van der Waals surface area contributed by atoms with Gasteiger partial charge in [-0.25, -0.2) is 4.98 Å². The Hall–Kier alpha value is -2.34. The first kappa shape index (κ1) is 19.0. The normalized spacial score (nSPS) is 16.9. The van der Waals surface area contributed by atoms with Crippen LogP contribution in [0.3, 0.4) is 0 Å². The van der Waals surface area contributed by atoms with Crippen molar-refractivity contribution in [2.75, 3.05) is 6.61 Å². The molecular weight excluding hydrogens is 372 g/mol. The van der Waals surface area contributed by atoms with Gasteiger partial charge in [-0.3, -0.25) is 4.79 Å². The van der Waals surface area contributed by atoms with E-state index < -0.39 is 0 Å². The summed E-state index contributed by atoms with van der Waals surface area (Å²) in [6.07, 6.45) is 3.07. The van der Waals surface area contributed by atoms with Crippen LogP contribution < -0.4 is 10.3 Å². The smallest absolute Gasteiger partial charge is 0.260 e. The van der Waals surface area contributed by atoms with E-state index in [0.717, 1.165) is 35.0 Å². The second kappa shape index (κ2) is 6.92. The van der Waals surface area contributed by atoms with Crippen LogP contribution in [-0.2, 0) is 12.8 Å². The molecular formula is C22H26N2O3S. The average molecular weight is 399 g/mol. The van der Waals surface area contributed by atoms with Gasteiger partial charge in [0.1, 0.15) is 10.7 Å². The molecule has 148 valence electrons. The van der Waals surface area contributed by atoms with Crippen molar-refractivity contribution in [3.05, 3.63) is 39.0 Å². The van der Waals surface area contributed by atoms with Crippen LogP contribution in [0.25, 0.3) is 21.6 Å². The van der Waals surface area contributed by atoms with E-state index in [1.807, 2.05) is 6.92 Å². The molecule has 2 heterocycles. The maximum Gasteiger partial charge on any atom is 0.260 e. The number of nitrogens with one attached hydrogen (secondary N) is 1. The van der Waals surface area contributed by atoms with E-state index in [-0.39, 0.29) is 16.7 Å². The monoisotopic (exact) mass is 398 g/mol. The Morgan fingerprint density at radius 3 is 2.86 bits per heavy atom. The number of phenolic OH excluding ortho intramolecular Hbond substituents is 1. The number of nitrogens with zero attached hydrogens (tertiary/aromatic N) is 1. The number of thiophene rings is 1. The van der Waals surface area contributed by atoms with Crippen LogP contribution in [0.15, 0.2) is 23.0 Å². The summed E-state index contributed by atoms with van der Waals surface area (Å²) in [5, 5.41) is 10.7. The number of hydrogen-bond acceptors (Lipinski definition) is 5. The number of aromatic hydroxyl groups is 1. The predicted molar refractivity (Wildman–Crippen MR) is 113 cm³/mol. The molecule has 0 aliphatic heterocycles. The fourth-order valence-corrected chi connectivity index (χ4v) is 5.29. The fourth-order valence-electron chi connectivity index (χ4n) is 3.99. The molecule has 1 aliphatic rings. The van der Waals surface area contributed by atoms with Crippen molar-refractivity contribution >= 4 is 21.6 Å². The fraction of sp³-hybridized carbons (Fsp3) is 0.455. The highest BCUT2D eigenvalue weighted by Gasteiger charge is 2.31. The summed E-state index contributed by atoms with van der Waals surface area (Å²) in [4.78, 5) is 22.7. The Labute approximate surface area is 168 Å². The van der Waals surface area contributed by atoms with E-state index in [9.17, 15) is 9.90 Å². The number of fused-ring (bicyclic) bond motifs is 3. The van der Waals surface area contributed by atoms with Crippen LogP contribution in [0.2, 0.25) is 0 Å². The van der Waals surface area contributed by atoms with E-state index in [1.165, 1.54) is 10.4 Å². The summed E-state index contributed by atoms with van der Waals surface area (Å²) in [5.41, 5.74) is 2.08. The van der Waals surface area contributed by atoms with Crippen molar-refractivity contribution in [1.82, 2.24) is 9.97 Å². The quantitative estimate of drug-likeness (QED) is 0.657. The predicted octanol–water partition coefficient (Wildman–Crippen LogP) is 4.91. The summed E-state index contributed by atoms with van der Waals surface area (Å²) < 4.78 is 5.46. The molecule has 0 fully saturated rings. The molecule has 1 atom stereocenters. The van der Waals surface area contributed by atoms with E-state index in [2.05, 4.69) is 25.8 Å². The third kappa shape index (κ3) is 3.30. The van der Waals surface area contributed by atoms with Gasteiger partial charge in [0.25, 0.3) is 5.56 Å². The lowest BCUT2D eigenvalue weighted by Crippen LogP contribution is -2.26. The number of aromatic amines is 1. The molecule has 0 radical (unpaired) electrons. The molecule has 0 unspecified atom stereocenters. The van der Waals surface area contributed by atoms with Crippen LogP contribution >= 0.6 is 11.3 Å². The molecule has 6 heteroatoms.